The van der Waals surface area contributed by atoms with E-state index in [-0.39, 0.29) is 23.1 Å². The molecule has 0 aromatic carbocycles. The number of pyridine rings is 2. The Morgan fingerprint density at radius 1 is 1.27 bits per heavy atom. The van der Waals surface area contributed by atoms with E-state index in [2.05, 4.69) is 15.3 Å². The third-order valence-electron chi connectivity index (χ3n) is 5.51. The summed E-state index contributed by atoms with van der Waals surface area (Å²) in [5.41, 5.74) is 3.21. The molecule has 2 aromatic rings. The average molecular weight is 352 g/mol. The number of hydrogen-bond donors (Lipinski definition) is 2. The van der Waals surface area contributed by atoms with Crippen LogP contribution in [0.4, 0.5) is 5.82 Å². The van der Waals surface area contributed by atoms with Gasteiger partial charge in [0.2, 0.25) is 0 Å². The largest absolute Gasteiger partial charge is 0.373 e. The smallest absolute Gasteiger partial charge is 0.261 e. The Morgan fingerprint density at radius 2 is 2.12 bits per heavy atom. The first-order chi connectivity index (χ1) is 12.7. The first-order valence-corrected chi connectivity index (χ1v) is 9.37. The van der Waals surface area contributed by atoms with Crippen molar-refractivity contribution in [2.45, 2.75) is 44.6 Å². The molecule has 26 heavy (non-hydrogen) atoms. The van der Waals surface area contributed by atoms with Gasteiger partial charge < -0.3 is 15.2 Å². The summed E-state index contributed by atoms with van der Waals surface area (Å²) in [6.07, 6.45) is 7.65. The molecular formula is C20H24N4O2. The fourth-order valence-corrected chi connectivity index (χ4v) is 4.14. The van der Waals surface area contributed by atoms with Crippen LogP contribution in [0.25, 0.3) is 0 Å². The highest BCUT2D eigenvalue weighted by atomic mass is 16.2. The van der Waals surface area contributed by atoms with Crippen molar-refractivity contribution >= 4 is 11.7 Å². The van der Waals surface area contributed by atoms with Gasteiger partial charge in [0, 0.05) is 25.5 Å². The number of carbonyl (C=O) groups excluding carboxylic acids is 1. The average Bonchev–Trinajstić information content (AvgIpc) is 3.17. The Kier molecular flexibility index (Phi) is 4.49. The molecule has 0 spiro atoms. The number of hydrogen-bond acceptors (Lipinski definition) is 4. The van der Waals surface area contributed by atoms with Gasteiger partial charge in [-0.05, 0) is 67.9 Å². The number of H-pyrrole nitrogens is 1. The third-order valence-corrected chi connectivity index (χ3v) is 5.51. The van der Waals surface area contributed by atoms with E-state index in [9.17, 15) is 9.59 Å². The Balaban J connectivity index is 1.66. The number of aromatic amines is 1. The second-order valence-electron chi connectivity index (χ2n) is 7.10. The Labute approximate surface area is 152 Å². The molecule has 0 bridgehead atoms. The van der Waals surface area contributed by atoms with Crippen molar-refractivity contribution in [1.29, 1.82) is 0 Å². The van der Waals surface area contributed by atoms with Gasteiger partial charge in [0.05, 0.1) is 6.04 Å². The van der Waals surface area contributed by atoms with Crippen LogP contribution in [0.3, 0.4) is 0 Å². The third kappa shape index (κ3) is 3.00. The molecule has 1 atom stereocenters. The number of amides is 1. The number of aromatic nitrogens is 2. The number of rotatable bonds is 3. The number of nitrogens with zero attached hydrogens (tertiary/aromatic N) is 2. The normalized spacial score (nSPS) is 19.3. The monoisotopic (exact) mass is 352 g/mol. The molecule has 4 rings (SSSR count). The van der Waals surface area contributed by atoms with Crippen LogP contribution in [-0.2, 0) is 12.8 Å². The Morgan fingerprint density at radius 3 is 2.96 bits per heavy atom. The topological polar surface area (TPSA) is 78.1 Å². The van der Waals surface area contributed by atoms with E-state index in [0.29, 0.717) is 6.54 Å². The zero-order valence-electron chi connectivity index (χ0n) is 15.0. The van der Waals surface area contributed by atoms with Crippen molar-refractivity contribution in [1.82, 2.24) is 14.9 Å². The zero-order valence-corrected chi connectivity index (χ0v) is 15.0. The first-order valence-electron chi connectivity index (χ1n) is 9.37. The highest BCUT2D eigenvalue weighted by Crippen LogP contribution is 2.33. The first kappa shape index (κ1) is 16.8. The molecule has 2 N–H and O–H groups in total. The fourth-order valence-electron chi connectivity index (χ4n) is 4.14. The molecular weight excluding hydrogens is 328 g/mol. The molecule has 1 unspecified atom stereocenters. The van der Waals surface area contributed by atoms with E-state index in [4.69, 9.17) is 0 Å². The summed E-state index contributed by atoms with van der Waals surface area (Å²) in [6.45, 7) is 0.678. The van der Waals surface area contributed by atoms with E-state index in [1.54, 1.807) is 6.20 Å². The van der Waals surface area contributed by atoms with Crippen LogP contribution < -0.4 is 10.9 Å². The van der Waals surface area contributed by atoms with Crippen molar-refractivity contribution in [3.8, 4) is 0 Å². The Hall–Kier alpha value is -2.63. The van der Waals surface area contributed by atoms with Gasteiger partial charge in [-0.15, -0.1) is 0 Å². The standard InChI is InChI=1S/C20H24N4O2/c1-21-18-12-14(8-9-22-18)17-7-4-10-24(17)20(26)15-11-13-5-2-3-6-16(13)23-19(15)25/h8-9,11-12,17H,2-7,10H2,1H3,(H,21,22)(H,23,25). The van der Waals surface area contributed by atoms with Gasteiger partial charge in [0.1, 0.15) is 11.4 Å². The Bertz CT molecular complexity index is 890. The van der Waals surface area contributed by atoms with Gasteiger partial charge in [-0.25, -0.2) is 4.98 Å². The molecule has 2 aliphatic rings. The second-order valence-corrected chi connectivity index (χ2v) is 7.10. The van der Waals surface area contributed by atoms with Crippen molar-refractivity contribution in [2.24, 2.45) is 0 Å². The van der Waals surface area contributed by atoms with Crippen LogP contribution in [-0.4, -0.2) is 34.4 Å². The minimum absolute atomic E-state index is 0.00645. The van der Waals surface area contributed by atoms with E-state index in [1.807, 2.05) is 30.1 Å². The molecule has 1 saturated heterocycles. The molecule has 1 aliphatic heterocycles. The molecule has 0 saturated carbocycles. The van der Waals surface area contributed by atoms with Gasteiger partial charge in [-0.2, -0.15) is 0 Å². The zero-order chi connectivity index (χ0) is 18.1. The fraction of sp³-hybridized carbons (Fsp3) is 0.450. The van der Waals surface area contributed by atoms with Crippen LogP contribution in [0, 0.1) is 0 Å². The molecule has 3 heterocycles. The van der Waals surface area contributed by atoms with Gasteiger partial charge in [0.25, 0.3) is 11.5 Å². The maximum absolute atomic E-state index is 13.2. The highest BCUT2D eigenvalue weighted by Gasteiger charge is 2.32. The molecule has 0 radical (unpaired) electrons. The summed E-state index contributed by atoms with van der Waals surface area (Å²) < 4.78 is 0. The minimum atomic E-state index is -0.257. The van der Waals surface area contributed by atoms with Crippen molar-refractivity contribution in [3.63, 3.8) is 0 Å². The number of carbonyl (C=O) groups is 1. The van der Waals surface area contributed by atoms with Gasteiger partial charge in [-0.1, -0.05) is 0 Å². The maximum Gasteiger partial charge on any atom is 0.261 e. The molecule has 2 aromatic heterocycles. The predicted molar refractivity (Wildman–Crippen MR) is 100 cm³/mol. The number of nitrogens with one attached hydrogen (secondary N) is 2. The van der Waals surface area contributed by atoms with Crippen molar-refractivity contribution in [3.05, 3.63) is 57.1 Å². The molecule has 136 valence electrons. The molecule has 1 aliphatic carbocycles. The minimum Gasteiger partial charge on any atom is -0.373 e. The van der Waals surface area contributed by atoms with Crippen molar-refractivity contribution in [2.75, 3.05) is 18.9 Å². The summed E-state index contributed by atoms with van der Waals surface area (Å²) in [6, 6.07) is 5.76. The number of anilines is 1. The quantitative estimate of drug-likeness (QED) is 0.890. The van der Waals surface area contributed by atoms with Gasteiger partial charge >= 0.3 is 0 Å². The summed E-state index contributed by atoms with van der Waals surface area (Å²) in [4.78, 5) is 34.7. The van der Waals surface area contributed by atoms with E-state index >= 15 is 0 Å². The predicted octanol–water partition coefficient (Wildman–Crippen LogP) is 2.67. The summed E-state index contributed by atoms with van der Waals surface area (Å²) in [5.74, 6) is 0.623. The van der Waals surface area contributed by atoms with Crippen LogP contribution in [0.2, 0.25) is 0 Å². The number of aryl methyl sites for hydroxylation is 2. The molecule has 6 heteroatoms. The molecule has 1 amide bonds. The summed E-state index contributed by atoms with van der Waals surface area (Å²) >= 11 is 0. The van der Waals surface area contributed by atoms with Gasteiger partial charge in [0.15, 0.2) is 0 Å². The second kappa shape index (κ2) is 6.94. The van der Waals surface area contributed by atoms with Crippen LogP contribution in [0.15, 0.2) is 29.2 Å². The van der Waals surface area contributed by atoms with E-state index in [1.165, 1.54) is 0 Å². The molecule has 1 fully saturated rings. The lowest BCUT2D eigenvalue weighted by atomic mass is 9.94. The maximum atomic E-state index is 13.2. The number of fused-ring (bicyclic) bond motifs is 1. The summed E-state index contributed by atoms with van der Waals surface area (Å²) in [5, 5.41) is 3.04. The highest BCUT2D eigenvalue weighted by molar-refractivity contribution is 5.94. The van der Waals surface area contributed by atoms with E-state index in [0.717, 1.165) is 61.2 Å². The van der Waals surface area contributed by atoms with Gasteiger partial charge in [-0.3, -0.25) is 9.59 Å². The lowest BCUT2D eigenvalue weighted by molar-refractivity contribution is 0.0733. The van der Waals surface area contributed by atoms with Crippen LogP contribution in [0.5, 0.6) is 0 Å². The van der Waals surface area contributed by atoms with Crippen molar-refractivity contribution < 1.29 is 4.79 Å². The number of likely N-dealkylation sites (tertiary alicyclic amines) is 1. The SMILES string of the molecule is CNc1cc(C2CCCN2C(=O)c2cc3c([nH]c2=O)CCCC3)ccn1. The lowest BCUT2D eigenvalue weighted by Crippen LogP contribution is -2.35. The van der Waals surface area contributed by atoms with Crippen LogP contribution in [0.1, 0.15) is 58.9 Å². The molecule has 6 nitrogen and oxygen atoms in total. The summed E-state index contributed by atoms with van der Waals surface area (Å²) in [7, 11) is 1.83. The lowest BCUT2D eigenvalue weighted by Gasteiger charge is -2.26. The van der Waals surface area contributed by atoms with E-state index < -0.39 is 0 Å². The van der Waals surface area contributed by atoms with Crippen LogP contribution >= 0.6 is 0 Å².